The number of amides is 2. The van der Waals surface area contributed by atoms with E-state index in [9.17, 15) is 9.59 Å². The van der Waals surface area contributed by atoms with Gasteiger partial charge in [0.25, 0.3) is 5.91 Å². The van der Waals surface area contributed by atoms with Gasteiger partial charge in [-0.2, -0.15) is 0 Å². The Hall–Kier alpha value is -3.27. The zero-order valence-corrected chi connectivity index (χ0v) is 17.8. The predicted octanol–water partition coefficient (Wildman–Crippen LogP) is 3.27. The van der Waals surface area contributed by atoms with Gasteiger partial charge < -0.3 is 9.64 Å². The Bertz CT molecular complexity index is 1070. The van der Waals surface area contributed by atoms with E-state index in [1.165, 1.54) is 11.3 Å². The maximum absolute atomic E-state index is 12.6. The fraction of sp³-hybridized carbons (Fsp3) is 0.350. The third-order valence-electron chi connectivity index (χ3n) is 4.35. The Morgan fingerprint density at radius 2 is 1.97 bits per heavy atom. The smallest absolute Gasteiger partial charge is 0.410 e. The Morgan fingerprint density at radius 1 is 1.20 bits per heavy atom. The molecule has 2 amide bonds. The van der Waals surface area contributed by atoms with Crippen molar-refractivity contribution in [1.29, 1.82) is 0 Å². The van der Waals surface area contributed by atoms with Crippen LogP contribution < -0.4 is 5.32 Å². The first-order valence-electron chi connectivity index (χ1n) is 9.54. The van der Waals surface area contributed by atoms with Crippen LogP contribution in [0.25, 0.3) is 5.69 Å². The molecule has 0 saturated heterocycles. The molecule has 1 N–H and O–H groups in total. The maximum atomic E-state index is 12.6. The number of benzene rings is 1. The second-order valence-corrected chi connectivity index (χ2v) is 8.96. The standard InChI is InChI=1S/C20H22N6O3S/c1-20(2,3)29-19(28)25-10-9-14-16(12-25)30-18(21-14)22-17(27)15-11-26(24-23-15)13-7-5-4-6-8-13/h4-8,11H,9-10,12H2,1-3H3,(H,21,22,27). The summed E-state index contributed by atoms with van der Waals surface area (Å²) in [5.41, 5.74) is 1.36. The molecule has 30 heavy (non-hydrogen) atoms. The monoisotopic (exact) mass is 426 g/mol. The van der Waals surface area contributed by atoms with Crippen LogP contribution in [0, 0.1) is 0 Å². The first-order chi connectivity index (χ1) is 14.3. The summed E-state index contributed by atoms with van der Waals surface area (Å²) >= 11 is 1.35. The normalized spacial score (nSPS) is 13.6. The lowest BCUT2D eigenvalue weighted by Crippen LogP contribution is -2.39. The number of nitrogens with one attached hydrogen (secondary N) is 1. The minimum Gasteiger partial charge on any atom is -0.444 e. The fourth-order valence-corrected chi connectivity index (χ4v) is 3.99. The summed E-state index contributed by atoms with van der Waals surface area (Å²) in [6, 6.07) is 9.43. The van der Waals surface area contributed by atoms with Gasteiger partial charge in [0, 0.05) is 17.8 Å². The number of rotatable bonds is 3. The van der Waals surface area contributed by atoms with Gasteiger partial charge in [-0.25, -0.2) is 14.5 Å². The number of nitrogens with zero attached hydrogens (tertiary/aromatic N) is 5. The molecular weight excluding hydrogens is 404 g/mol. The van der Waals surface area contributed by atoms with E-state index >= 15 is 0 Å². The minimum absolute atomic E-state index is 0.197. The van der Waals surface area contributed by atoms with Gasteiger partial charge in [-0.05, 0) is 32.9 Å². The Balaban J connectivity index is 1.42. The van der Waals surface area contributed by atoms with Crippen molar-refractivity contribution in [1.82, 2.24) is 24.9 Å². The molecule has 10 heteroatoms. The lowest BCUT2D eigenvalue weighted by atomic mass is 10.2. The Morgan fingerprint density at radius 3 is 2.70 bits per heavy atom. The maximum Gasteiger partial charge on any atom is 0.410 e. The van der Waals surface area contributed by atoms with Gasteiger partial charge in [0.15, 0.2) is 10.8 Å². The molecule has 0 radical (unpaired) electrons. The molecule has 0 bridgehead atoms. The van der Waals surface area contributed by atoms with E-state index in [1.807, 2.05) is 51.1 Å². The molecule has 9 nitrogen and oxygen atoms in total. The Kier molecular flexibility index (Phi) is 5.25. The number of hydrogen-bond acceptors (Lipinski definition) is 7. The third-order valence-corrected chi connectivity index (χ3v) is 5.35. The highest BCUT2D eigenvalue weighted by atomic mass is 32.1. The van der Waals surface area contributed by atoms with Gasteiger partial charge in [0.2, 0.25) is 0 Å². The van der Waals surface area contributed by atoms with Crippen molar-refractivity contribution < 1.29 is 14.3 Å². The topological polar surface area (TPSA) is 102 Å². The quantitative estimate of drug-likeness (QED) is 0.690. The summed E-state index contributed by atoms with van der Waals surface area (Å²) in [4.78, 5) is 32.0. The highest BCUT2D eigenvalue weighted by Crippen LogP contribution is 2.29. The van der Waals surface area contributed by atoms with Gasteiger partial charge in [-0.3, -0.25) is 10.1 Å². The van der Waals surface area contributed by atoms with Crippen LogP contribution in [-0.2, 0) is 17.7 Å². The number of anilines is 1. The molecule has 3 heterocycles. The van der Waals surface area contributed by atoms with Gasteiger partial charge in [-0.1, -0.05) is 34.7 Å². The van der Waals surface area contributed by atoms with E-state index in [2.05, 4.69) is 20.6 Å². The lowest BCUT2D eigenvalue weighted by Gasteiger charge is -2.29. The van der Waals surface area contributed by atoms with Crippen LogP contribution in [0.15, 0.2) is 36.5 Å². The third kappa shape index (κ3) is 4.48. The van der Waals surface area contributed by atoms with E-state index in [0.717, 1.165) is 16.3 Å². The molecule has 0 atom stereocenters. The van der Waals surface area contributed by atoms with Gasteiger partial charge in [0.05, 0.1) is 24.1 Å². The SMILES string of the molecule is CC(C)(C)OC(=O)N1CCc2nc(NC(=O)c3cn(-c4ccccc4)nn3)sc2C1. The average molecular weight is 427 g/mol. The summed E-state index contributed by atoms with van der Waals surface area (Å²) in [7, 11) is 0. The summed E-state index contributed by atoms with van der Waals surface area (Å²) in [6.07, 6.45) is 1.85. The van der Waals surface area contributed by atoms with Gasteiger partial charge in [0.1, 0.15) is 5.60 Å². The second-order valence-electron chi connectivity index (χ2n) is 7.88. The van der Waals surface area contributed by atoms with Crippen molar-refractivity contribution in [2.24, 2.45) is 0 Å². The average Bonchev–Trinajstić information content (AvgIpc) is 3.33. The van der Waals surface area contributed by atoms with Crippen molar-refractivity contribution in [3.8, 4) is 5.69 Å². The van der Waals surface area contributed by atoms with Gasteiger partial charge >= 0.3 is 6.09 Å². The molecule has 3 aromatic rings. The first-order valence-corrected chi connectivity index (χ1v) is 10.4. The van der Waals surface area contributed by atoms with E-state index in [-0.39, 0.29) is 17.7 Å². The number of carbonyl (C=O) groups excluding carboxylic acids is 2. The minimum atomic E-state index is -0.540. The molecule has 2 aromatic heterocycles. The summed E-state index contributed by atoms with van der Waals surface area (Å²) in [5.74, 6) is -0.382. The van der Waals surface area contributed by atoms with E-state index in [4.69, 9.17) is 4.74 Å². The molecule has 1 aliphatic rings. The molecule has 0 fully saturated rings. The Labute approximate surface area is 177 Å². The van der Waals surface area contributed by atoms with Crippen molar-refractivity contribution in [2.45, 2.75) is 39.3 Å². The zero-order chi connectivity index (χ0) is 21.3. The largest absolute Gasteiger partial charge is 0.444 e. The first kappa shape index (κ1) is 20.0. The molecular formula is C20H22N6O3S. The number of fused-ring (bicyclic) bond motifs is 1. The van der Waals surface area contributed by atoms with Crippen molar-refractivity contribution in [3.63, 3.8) is 0 Å². The van der Waals surface area contributed by atoms with Gasteiger partial charge in [-0.15, -0.1) is 5.10 Å². The summed E-state index contributed by atoms with van der Waals surface area (Å²) in [5, 5.41) is 11.2. The summed E-state index contributed by atoms with van der Waals surface area (Å²) < 4.78 is 6.99. The molecule has 4 rings (SSSR count). The number of ether oxygens (including phenoxy) is 1. The van der Waals surface area contributed by atoms with Crippen molar-refractivity contribution in [2.75, 3.05) is 11.9 Å². The molecule has 1 aromatic carbocycles. The number of para-hydroxylation sites is 1. The zero-order valence-electron chi connectivity index (χ0n) is 17.0. The van der Waals surface area contributed by atoms with E-state index in [1.54, 1.807) is 15.8 Å². The fourth-order valence-electron chi connectivity index (χ4n) is 2.97. The van der Waals surface area contributed by atoms with E-state index < -0.39 is 5.60 Å². The number of hydrogen-bond donors (Lipinski definition) is 1. The molecule has 0 unspecified atom stereocenters. The number of thiazole rings is 1. The highest BCUT2D eigenvalue weighted by Gasteiger charge is 2.28. The van der Waals surface area contributed by atoms with Crippen LogP contribution in [0.3, 0.4) is 0 Å². The number of aromatic nitrogens is 4. The predicted molar refractivity (Wildman–Crippen MR) is 112 cm³/mol. The molecule has 0 spiro atoms. The summed E-state index contributed by atoms with van der Waals surface area (Å²) in [6.45, 7) is 6.48. The van der Waals surface area contributed by atoms with Crippen molar-refractivity contribution in [3.05, 3.63) is 52.8 Å². The molecule has 156 valence electrons. The van der Waals surface area contributed by atoms with Crippen molar-refractivity contribution >= 4 is 28.5 Å². The molecule has 0 saturated carbocycles. The van der Waals surface area contributed by atoms with Crippen LogP contribution in [-0.4, -0.2) is 49.0 Å². The van der Waals surface area contributed by atoms with Crippen LogP contribution in [0.2, 0.25) is 0 Å². The van der Waals surface area contributed by atoms with Crippen LogP contribution in [0.4, 0.5) is 9.93 Å². The molecule has 1 aliphatic heterocycles. The van der Waals surface area contributed by atoms with Crippen LogP contribution in [0.1, 0.15) is 41.8 Å². The highest BCUT2D eigenvalue weighted by molar-refractivity contribution is 7.15. The molecule has 0 aliphatic carbocycles. The van der Waals surface area contributed by atoms with Crippen LogP contribution in [0.5, 0.6) is 0 Å². The second kappa shape index (κ2) is 7.86. The van der Waals surface area contributed by atoms with E-state index in [0.29, 0.717) is 24.6 Å². The lowest BCUT2D eigenvalue weighted by molar-refractivity contribution is 0.0225. The van der Waals surface area contributed by atoms with Crippen LogP contribution >= 0.6 is 11.3 Å². The number of carbonyl (C=O) groups is 2.